The lowest BCUT2D eigenvalue weighted by molar-refractivity contribution is 0.669. The number of fused-ring (bicyclic) bond motifs is 3. The normalized spacial score (nSPS) is 11.1. The molecule has 7 aromatic rings. The molecule has 0 bridgehead atoms. The fraction of sp³-hybridized carbons (Fsp3) is 0. The second-order valence-corrected chi connectivity index (χ2v) is 9.23. The third kappa shape index (κ3) is 4.11. The SMILES string of the molecule is N#Cc1cccc(-c2nc(-c3ccccc3)nc(-c3cc(-c4ccccc4)cc4oc5ccccc5c34)n2)c1. The highest BCUT2D eigenvalue weighted by molar-refractivity contribution is 6.13. The Hall–Kier alpha value is -5.60. The van der Waals surface area contributed by atoms with Gasteiger partial charge in [0.05, 0.1) is 11.6 Å². The van der Waals surface area contributed by atoms with E-state index in [1.807, 2.05) is 78.9 Å². The van der Waals surface area contributed by atoms with Crippen LogP contribution in [0.1, 0.15) is 5.56 Å². The highest BCUT2D eigenvalue weighted by atomic mass is 16.3. The van der Waals surface area contributed by atoms with E-state index >= 15 is 0 Å². The van der Waals surface area contributed by atoms with E-state index < -0.39 is 0 Å². The first-order chi connectivity index (χ1) is 19.3. The van der Waals surface area contributed by atoms with E-state index in [-0.39, 0.29) is 0 Å². The van der Waals surface area contributed by atoms with Gasteiger partial charge in [-0.15, -0.1) is 0 Å². The summed E-state index contributed by atoms with van der Waals surface area (Å²) >= 11 is 0. The molecule has 5 heteroatoms. The summed E-state index contributed by atoms with van der Waals surface area (Å²) in [6.45, 7) is 0. The molecule has 0 amide bonds. The van der Waals surface area contributed by atoms with Crippen LogP contribution < -0.4 is 0 Å². The molecule has 39 heavy (non-hydrogen) atoms. The molecule has 0 unspecified atom stereocenters. The number of hydrogen-bond donors (Lipinski definition) is 0. The molecule has 0 saturated heterocycles. The van der Waals surface area contributed by atoms with E-state index in [1.165, 1.54) is 0 Å². The van der Waals surface area contributed by atoms with Crippen molar-refractivity contribution in [2.45, 2.75) is 0 Å². The van der Waals surface area contributed by atoms with Gasteiger partial charge >= 0.3 is 0 Å². The average molecular weight is 501 g/mol. The predicted molar refractivity (Wildman–Crippen MR) is 154 cm³/mol. The molecule has 5 nitrogen and oxygen atoms in total. The van der Waals surface area contributed by atoms with Crippen LogP contribution in [-0.4, -0.2) is 15.0 Å². The molecular formula is C34H20N4O. The van der Waals surface area contributed by atoms with Crippen molar-refractivity contribution in [3.05, 3.63) is 127 Å². The molecule has 0 aliphatic carbocycles. The van der Waals surface area contributed by atoms with Gasteiger partial charge in [-0.1, -0.05) is 91.0 Å². The molecular weight excluding hydrogens is 480 g/mol. The number of nitrogens with zero attached hydrogens (tertiary/aromatic N) is 4. The van der Waals surface area contributed by atoms with Gasteiger partial charge < -0.3 is 4.42 Å². The van der Waals surface area contributed by atoms with E-state index in [0.717, 1.165) is 49.8 Å². The van der Waals surface area contributed by atoms with Crippen LogP contribution in [-0.2, 0) is 0 Å². The molecule has 0 radical (unpaired) electrons. The summed E-state index contributed by atoms with van der Waals surface area (Å²) in [5, 5.41) is 11.4. The molecule has 0 saturated carbocycles. The topological polar surface area (TPSA) is 75.6 Å². The lowest BCUT2D eigenvalue weighted by Gasteiger charge is -2.11. The number of para-hydroxylation sites is 1. The molecule has 0 aliphatic rings. The van der Waals surface area contributed by atoms with Crippen molar-refractivity contribution in [3.63, 3.8) is 0 Å². The molecule has 2 heterocycles. The minimum Gasteiger partial charge on any atom is -0.456 e. The van der Waals surface area contributed by atoms with Crippen LogP contribution in [0.3, 0.4) is 0 Å². The average Bonchev–Trinajstić information content (AvgIpc) is 3.40. The summed E-state index contributed by atoms with van der Waals surface area (Å²) in [5.41, 5.74) is 6.68. The van der Waals surface area contributed by atoms with Crippen molar-refractivity contribution in [3.8, 4) is 51.4 Å². The zero-order valence-electron chi connectivity index (χ0n) is 20.7. The third-order valence-electron chi connectivity index (χ3n) is 6.74. The number of aromatic nitrogens is 3. The number of hydrogen-bond acceptors (Lipinski definition) is 5. The zero-order valence-corrected chi connectivity index (χ0v) is 20.7. The van der Waals surface area contributed by atoms with E-state index in [1.54, 1.807) is 12.1 Å². The summed E-state index contributed by atoms with van der Waals surface area (Å²) in [6, 6.07) is 41.8. The first-order valence-corrected chi connectivity index (χ1v) is 12.6. The van der Waals surface area contributed by atoms with Gasteiger partial charge in [-0.3, -0.25) is 0 Å². The monoisotopic (exact) mass is 500 g/mol. The van der Waals surface area contributed by atoms with Crippen LogP contribution in [0.15, 0.2) is 126 Å². The lowest BCUT2D eigenvalue weighted by atomic mass is 9.98. The molecule has 0 spiro atoms. The van der Waals surface area contributed by atoms with Crippen LogP contribution in [0.2, 0.25) is 0 Å². The van der Waals surface area contributed by atoms with Crippen LogP contribution >= 0.6 is 0 Å². The smallest absolute Gasteiger partial charge is 0.164 e. The van der Waals surface area contributed by atoms with Gasteiger partial charge in [0.2, 0.25) is 0 Å². The quantitative estimate of drug-likeness (QED) is 0.243. The van der Waals surface area contributed by atoms with Gasteiger partial charge in [0.15, 0.2) is 17.5 Å². The molecule has 5 aromatic carbocycles. The molecule has 7 rings (SSSR count). The van der Waals surface area contributed by atoms with Crippen molar-refractivity contribution >= 4 is 21.9 Å². The highest BCUT2D eigenvalue weighted by Crippen LogP contribution is 2.39. The van der Waals surface area contributed by atoms with Gasteiger partial charge in [-0.25, -0.2) is 15.0 Å². The molecule has 182 valence electrons. The maximum Gasteiger partial charge on any atom is 0.164 e. The van der Waals surface area contributed by atoms with Crippen molar-refractivity contribution in [1.82, 2.24) is 15.0 Å². The molecule has 0 N–H and O–H groups in total. The van der Waals surface area contributed by atoms with Gasteiger partial charge in [0.25, 0.3) is 0 Å². The number of nitriles is 1. The second-order valence-electron chi connectivity index (χ2n) is 9.23. The number of furan rings is 1. The third-order valence-corrected chi connectivity index (χ3v) is 6.74. The van der Waals surface area contributed by atoms with Gasteiger partial charge in [-0.2, -0.15) is 5.26 Å². The summed E-state index contributed by atoms with van der Waals surface area (Å²) in [7, 11) is 0. The molecule has 0 aliphatic heterocycles. The summed E-state index contributed by atoms with van der Waals surface area (Å²) in [4.78, 5) is 14.8. The Morgan fingerprint density at radius 1 is 0.513 bits per heavy atom. The van der Waals surface area contributed by atoms with Crippen molar-refractivity contribution in [1.29, 1.82) is 5.26 Å². The van der Waals surface area contributed by atoms with E-state index in [9.17, 15) is 5.26 Å². The first kappa shape index (κ1) is 22.6. The Balaban J connectivity index is 1.55. The number of benzene rings is 5. The van der Waals surface area contributed by atoms with E-state index in [0.29, 0.717) is 23.0 Å². The second kappa shape index (κ2) is 9.37. The Kier molecular flexibility index (Phi) is 5.42. The Bertz CT molecular complexity index is 2020. The van der Waals surface area contributed by atoms with E-state index in [2.05, 4.69) is 36.4 Å². The molecule has 2 aromatic heterocycles. The Labute approximate surface area is 224 Å². The highest BCUT2D eigenvalue weighted by Gasteiger charge is 2.19. The maximum absolute atomic E-state index is 9.49. The molecule has 0 atom stereocenters. The molecule has 0 fully saturated rings. The maximum atomic E-state index is 9.49. The van der Waals surface area contributed by atoms with Crippen molar-refractivity contribution in [2.24, 2.45) is 0 Å². The lowest BCUT2D eigenvalue weighted by Crippen LogP contribution is -2.01. The van der Waals surface area contributed by atoms with Crippen LogP contribution in [0.4, 0.5) is 0 Å². The fourth-order valence-corrected chi connectivity index (χ4v) is 4.90. The van der Waals surface area contributed by atoms with Gasteiger partial charge in [0.1, 0.15) is 11.2 Å². The van der Waals surface area contributed by atoms with Crippen molar-refractivity contribution in [2.75, 3.05) is 0 Å². The number of rotatable bonds is 4. The minimum atomic E-state index is 0.502. The standard InChI is InChI=1S/C34H20N4O/c35-21-22-10-9-15-25(18-22)33-36-32(24-13-5-2-6-14-24)37-34(38-33)28-19-26(23-11-3-1-4-12-23)20-30-31(28)27-16-7-8-17-29(27)39-30/h1-20H. The Morgan fingerprint density at radius 3 is 1.92 bits per heavy atom. The van der Waals surface area contributed by atoms with Crippen LogP contribution in [0.5, 0.6) is 0 Å². The first-order valence-electron chi connectivity index (χ1n) is 12.6. The van der Waals surface area contributed by atoms with Gasteiger partial charge in [-0.05, 0) is 41.5 Å². The fourth-order valence-electron chi connectivity index (χ4n) is 4.90. The summed E-state index contributed by atoms with van der Waals surface area (Å²) < 4.78 is 6.33. The summed E-state index contributed by atoms with van der Waals surface area (Å²) in [5.74, 6) is 1.60. The predicted octanol–water partition coefficient (Wildman–Crippen LogP) is 8.31. The van der Waals surface area contributed by atoms with Crippen LogP contribution in [0, 0.1) is 11.3 Å². The largest absolute Gasteiger partial charge is 0.456 e. The van der Waals surface area contributed by atoms with Crippen LogP contribution in [0.25, 0.3) is 67.2 Å². The van der Waals surface area contributed by atoms with Crippen molar-refractivity contribution < 1.29 is 4.42 Å². The Morgan fingerprint density at radius 2 is 1.15 bits per heavy atom. The summed E-state index contributed by atoms with van der Waals surface area (Å²) in [6.07, 6.45) is 0. The minimum absolute atomic E-state index is 0.502. The van der Waals surface area contributed by atoms with Gasteiger partial charge in [0, 0.05) is 27.5 Å². The zero-order chi connectivity index (χ0) is 26.2. The van der Waals surface area contributed by atoms with E-state index in [4.69, 9.17) is 19.4 Å².